The quantitative estimate of drug-likeness (QED) is 0.643. The fraction of sp³-hybridized carbons (Fsp3) is 0.440. The molecule has 2 unspecified atom stereocenters. The first-order chi connectivity index (χ1) is 15.9. The average molecular weight is 455 g/mol. The monoisotopic (exact) mass is 454 g/mol. The summed E-state index contributed by atoms with van der Waals surface area (Å²) in [5.41, 5.74) is 1.71. The summed E-state index contributed by atoms with van der Waals surface area (Å²) in [5, 5.41) is 8.91. The van der Waals surface area contributed by atoms with Crippen LogP contribution in [0.2, 0.25) is 0 Å². The first-order valence-corrected chi connectivity index (χ1v) is 11.2. The van der Waals surface area contributed by atoms with Gasteiger partial charge in [-0.15, -0.1) is 0 Å². The fourth-order valence-corrected chi connectivity index (χ4v) is 4.57. The third kappa shape index (κ3) is 5.93. The van der Waals surface area contributed by atoms with Crippen LogP contribution < -0.4 is 0 Å². The van der Waals surface area contributed by atoms with Crippen molar-refractivity contribution in [3.05, 3.63) is 70.8 Å². The van der Waals surface area contributed by atoms with E-state index in [0.29, 0.717) is 57.8 Å². The molecule has 2 saturated heterocycles. The minimum atomic E-state index is -0.502. The van der Waals surface area contributed by atoms with Gasteiger partial charge in [0.15, 0.2) is 0 Å². The van der Waals surface area contributed by atoms with Gasteiger partial charge in [-0.1, -0.05) is 18.2 Å². The van der Waals surface area contributed by atoms with Crippen LogP contribution in [0, 0.1) is 23.0 Å². The molecule has 8 heteroatoms. The zero-order valence-electron chi connectivity index (χ0n) is 18.7. The summed E-state index contributed by atoms with van der Waals surface area (Å²) in [6, 6.07) is 13.3. The van der Waals surface area contributed by atoms with E-state index in [1.54, 1.807) is 24.1 Å². The predicted molar refractivity (Wildman–Crippen MR) is 119 cm³/mol. The molecule has 0 N–H and O–H groups in total. The number of carbonyl (C=O) groups excluding carboxylic acids is 1. The lowest BCUT2D eigenvalue weighted by Crippen LogP contribution is -2.60. The van der Waals surface area contributed by atoms with E-state index in [1.165, 1.54) is 18.2 Å². The van der Waals surface area contributed by atoms with Crippen LogP contribution in [0.4, 0.5) is 8.78 Å². The molecule has 2 bridgehead atoms. The number of likely N-dealkylation sites (N-methyl/N-ethyl adjacent to an activating group) is 1. The summed E-state index contributed by atoms with van der Waals surface area (Å²) in [5.74, 6) is -0.970. The summed E-state index contributed by atoms with van der Waals surface area (Å²) in [4.78, 5) is 18.8. The van der Waals surface area contributed by atoms with Gasteiger partial charge in [0, 0.05) is 51.9 Å². The standard InChI is InChI=1S/C25H28F2N4O2/c1-29(12-19-7-5-18(11-28)6-8-19)25(32)17-31-15-20-13-30(14-21(16-31)33-20)10-9-22-23(26)3-2-4-24(22)27/h2-8,20-21H,9-10,12-17H2,1H3. The molecule has 4 rings (SSSR count). The van der Waals surface area contributed by atoms with Crippen LogP contribution in [0.1, 0.15) is 16.7 Å². The number of morpholine rings is 2. The molecule has 2 aromatic carbocycles. The van der Waals surface area contributed by atoms with Crippen LogP contribution in [0.15, 0.2) is 42.5 Å². The van der Waals surface area contributed by atoms with Gasteiger partial charge in [-0.3, -0.25) is 14.6 Å². The van der Waals surface area contributed by atoms with E-state index in [-0.39, 0.29) is 23.7 Å². The van der Waals surface area contributed by atoms with Crippen molar-refractivity contribution in [2.45, 2.75) is 25.2 Å². The molecule has 2 heterocycles. The van der Waals surface area contributed by atoms with E-state index in [2.05, 4.69) is 15.9 Å². The largest absolute Gasteiger partial charge is 0.370 e. The van der Waals surface area contributed by atoms with E-state index in [4.69, 9.17) is 10.00 Å². The lowest BCUT2D eigenvalue weighted by Gasteiger charge is -2.45. The Kier molecular flexibility index (Phi) is 7.33. The van der Waals surface area contributed by atoms with Crippen LogP contribution in [0.5, 0.6) is 0 Å². The van der Waals surface area contributed by atoms with Crippen molar-refractivity contribution in [1.29, 1.82) is 5.26 Å². The minimum absolute atomic E-state index is 0.0281. The second kappa shape index (κ2) is 10.4. The number of nitriles is 1. The van der Waals surface area contributed by atoms with E-state index in [1.807, 2.05) is 12.1 Å². The van der Waals surface area contributed by atoms with Crippen molar-refractivity contribution in [3.8, 4) is 6.07 Å². The van der Waals surface area contributed by atoms with Gasteiger partial charge in [-0.05, 0) is 36.2 Å². The first kappa shape index (κ1) is 23.3. The van der Waals surface area contributed by atoms with Crippen LogP contribution in [0.3, 0.4) is 0 Å². The molecular formula is C25H28F2N4O2. The smallest absolute Gasteiger partial charge is 0.236 e. The molecule has 2 aliphatic rings. The molecule has 0 radical (unpaired) electrons. The minimum Gasteiger partial charge on any atom is -0.370 e. The molecular weight excluding hydrogens is 426 g/mol. The highest BCUT2D eigenvalue weighted by Crippen LogP contribution is 2.21. The normalized spacial score (nSPS) is 20.9. The predicted octanol–water partition coefficient (Wildman–Crippen LogP) is 2.42. The highest BCUT2D eigenvalue weighted by Gasteiger charge is 2.35. The first-order valence-electron chi connectivity index (χ1n) is 11.2. The van der Waals surface area contributed by atoms with Crippen LogP contribution >= 0.6 is 0 Å². The Bertz CT molecular complexity index is 990. The summed E-state index contributed by atoms with van der Waals surface area (Å²) in [7, 11) is 1.78. The number of fused-ring (bicyclic) bond motifs is 2. The molecule has 2 aromatic rings. The van der Waals surface area contributed by atoms with Gasteiger partial charge in [0.25, 0.3) is 0 Å². The molecule has 0 saturated carbocycles. The van der Waals surface area contributed by atoms with Crippen LogP contribution in [-0.4, -0.2) is 79.1 Å². The molecule has 2 fully saturated rings. The highest BCUT2D eigenvalue weighted by atomic mass is 19.1. The fourth-order valence-electron chi connectivity index (χ4n) is 4.57. The lowest BCUT2D eigenvalue weighted by molar-refractivity contribution is -0.149. The van der Waals surface area contributed by atoms with Gasteiger partial charge in [-0.2, -0.15) is 5.26 Å². The number of hydrogen-bond donors (Lipinski definition) is 0. The molecule has 174 valence electrons. The molecule has 0 aromatic heterocycles. The van der Waals surface area contributed by atoms with Crippen molar-refractivity contribution in [3.63, 3.8) is 0 Å². The van der Waals surface area contributed by atoms with Gasteiger partial charge < -0.3 is 9.64 Å². The second-order valence-corrected chi connectivity index (χ2v) is 8.84. The highest BCUT2D eigenvalue weighted by molar-refractivity contribution is 5.78. The van der Waals surface area contributed by atoms with Gasteiger partial charge >= 0.3 is 0 Å². The molecule has 0 spiro atoms. The Balaban J connectivity index is 1.25. The summed E-state index contributed by atoms with van der Waals surface area (Å²) in [6.45, 7) is 4.04. The van der Waals surface area contributed by atoms with Gasteiger partial charge in [0.2, 0.25) is 5.91 Å². The number of carbonyl (C=O) groups is 1. The van der Waals surface area contributed by atoms with Gasteiger partial charge in [0.1, 0.15) is 11.6 Å². The van der Waals surface area contributed by atoms with E-state index < -0.39 is 11.6 Å². The van der Waals surface area contributed by atoms with Crippen molar-refractivity contribution in [2.75, 3.05) is 46.3 Å². The molecule has 6 nitrogen and oxygen atoms in total. The molecule has 2 aliphatic heterocycles. The number of hydrogen-bond acceptors (Lipinski definition) is 5. The van der Waals surface area contributed by atoms with E-state index in [0.717, 1.165) is 5.56 Å². The van der Waals surface area contributed by atoms with Crippen molar-refractivity contribution < 1.29 is 18.3 Å². The Morgan fingerprint density at radius 2 is 1.67 bits per heavy atom. The Morgan fingerprint density at radius 1 is 1.06 bits per heavy atom. The Labute approximate surface area is 192 Å². The lowest BCUT2D eigenvalue weighted by atomic mass is 10.1. The number of amides is 1. The van der Waals surface area contributed by atoms with Crippen molar-refractivity contribution >= 4 is 5.91 Å². The summed E-state index contributed by atoms with van der Waals surface area (Å²) < 4.78 is 33.9. The van der Waals surface area contributed by atoms with E-state index >= 15 is 0 Å². The third-order valence-corrected chi connectivity index (χ3v) is 6.26. The number of rotatable bonds is 7. The zero-order chi connectivity index (χ0) is 23.4. The van der Waals surface area contributed by atoms with Gasteiger partial charge in [-0.25, -0.2) is 8.78 Å². The summed E-state index contributed by atoms with van der Waals surface area (Å²) >= 11 is 0. The molecule has 2 atom stereocenters. The maximum atomic E-state index is 13.9. The summed E-state index contributed by atoms with van der Waals surface area (Å²) in [6.07, 6.45) is 0.263. The number of halogens is 2. The van der Waals surface area contributed by atoms with Crippen molar-refractivity contribution in [2.24, 2.45) is 0 Å². The van der Waals surface area contributed by atoms with Crippen LogP contribution in [0.25, 0.3) is 0 Å². The SMILES string of the molecule is CN(Cc1ccc(C#N)cc1)C(=O)CN1CC2CN(CCc3c(F)cccc3F)CC(C1)O2. The molecule has 1 amide bonds. The topological polar surface area (TPSA) is 59.8 Å². The second-order valence-electron chi connectivity index (χ2n) is 8.84. The van der Waals surface area contributed by atoms with Crippen LogP contribution in [-0.2, 0) is 22.5 Å². The third-order valence-electron chi connectivity index (χ3n) is 6.26. The average Bonchev–Trinajstić information content (AvgIpc) is 2.78. The number of ether oxygens (including phenoxy) is 1. The maximum absolute atomic E-state index is 13.9. The number of nitrogens with zero attached hydrogens (tertiary/aromatic N) is 4. The Hall–Kier alpha value is -2.86. The molecule has 0 aliphatic carbocycles. The number of benzene rings is 2. The van der Waals surface area contributed by atoms with Crippen molar-refractivity contribution in [1.82, 2.24) is 14.7 Å². The van der Waals surface area contributed by atoms with Gasteiger partial charge in [0.05, 0.1) is 30.4 Å². The maximum Gasteiger partial charge on any atom is 0.236 e. The zero-order valence-corrected chi connectivity index (χ0v) is 18.7. The Morgan fingerprint density at radius 3 is 2.27 bits per heavy atom. The molecule has 33 heavy (non-hydrogen) atoms. The van der Waals surface area contributed by atoms with E-state index in [9.17, 15) is 13.6 Å².